The van der Waals surface area contributed by atoms with E-state index in [2.05, 4.69) is 32.7 Å². The number of nitrogens with zero attached hydrogens (tertiary/aromatic N) is 2. The van der Waals surface area contributed by atoms with Gasteiger partial charge in [-0.05, 0) is 62.1 Å². The summed E-state index contributed by atoms with van der Waals surface area (Å²) in [7, 11) is 5.21. The molecular weight excluding hydrogens is 507 g/mol. The van der Waals surface area contributed by atoms with Crippen LogP contribution in [0.1, 0.15) is 50.5 Å². The molecule has 3 rings (SSSR count). The third-order valence-electron chi connectivity index (χ3n) is 6.15. The largest absolute Gasteiger partial charge is 0.493 e. The summed E-state index contributed by atoms with van der Waals surface area (Å²) in [6, 6.07) is 6.12. The van der Waals surface area contributed by atoms with Gasteiger partial charge in [-0.1, -0.05) is 6.07 Å². The Balaban J connectivity index is 0.00000341. The lowest BCUT2D eigenvalue weighted by Gasteiger charge is -2.34. The third kappa shape index (κ3) is 7.43. The van der Waals surface area contributed by atoms with Crippen LogP contribution < -0.4 is 20.1 Å². The lowest BCUT2D eigenvalue weighted by molar-refractivity contribution is -0.121. The summed E-state index contributed by atoms with van der Waals surface area (Å²) in [5.41, 5.74) is 1.14. The first kappa shape index (κ1) is 25.5. The first-order chi connectivity index (χ1) is 14.6. The van der Waals surface area contributed by atoms with Gasteiger partial charge in [-0.25, -0.2) is 0 Å². The summed E-state index contributed by atoms with van der Waals surface area (Å²) in [5.74, 6) is 3.10. The van der Waals surface area contributed by atoms with Crippen LogP contribution >= 0.6 is 24.0 Å². The number of halogens is 1. The molecular formula is C23H37IN4O3. The maximum absolute atomic E-state index is 11.6. The average molecular weight is 544 g/mol. The minimum atomic E-state index is 0. The van der Waals surface area contributed by atoms with Gasteiger partial charge in [0, 0.05) is 40.2 Å². The number of piperidine rings is 1. The fourth-order valence-corrected chi connectivity index (χ4v) is 4.34. The van der Waals surface area contributed by atoms with Gasteiger partial charge in [0.2, 0.25) is 5.91 Å². The number of aliphatic imine (C=N–C) groups is 1. The molecule has 0 unspecified atom stereocenters. The van der Waals surface area contributed by atoms with E-state index in [0.29, 0.717) is 25.0 Å². The number of amides is 1. The number of carbonyl (C=O) groups excluding carboxylic acids is 1. The fourth-order valence-electron chi connectivity index (χ4n) is 4.34. The Hall–Kier alpha value is -1.71. The Bertz CT molecular complexity index is 730. The summed E-state index contributed by atoms with van der Waals surface area (Å²) in [6.07, 6.45) is 7.65. The highest BCUT2D eigenvalue weighted by molar-refractivity contribution is 14.0. The van der Waals surface area contributed by atoms with Crippen LogP contribution in [0.2, 0.25) is 0 Å². The van der Waals surface area contributed by atoms with Gasteiger partial charge in [-0.2, -0.15) is 0 Å². The van der Waals surface area contributed by atoms with Crippen molar-refractivity contribution in [1.29, 1.82) is 0 Å². The molecule has 1 aromatic carbocycles. The molecule has 2 N–H and O–H groups in total. The van der Waals surface area contributed by atoms with E-state index in [9.17, 15) is 4.79 Å². The molecule has 31 heavy (non-hydrogen) atoms. The lowest BCUT2D eigenvalue weighted by atomic mass is 9.93. The van der Waals surface area contributed by atoms with Crippen molar-refractivity contribution in [1.82, 2.24) is 15.5 Å². The number of nitrogens with one attached hydrogen (secondary N) is 2. The number of carbonyl (C=O) groups is 1. The Labute approximate surface area is 203 Å². The van der Waals surface area contributed by atoms with Crippen LogP contribution in [0.5, 0.6) is 11.5 Å². The molecule has 1 saturated carbocycles. The number of ether oxygens (including phenoxy) is 2. The number of methoxy groups -OCH3 is 1. The highest BCUT2D eigenvalue weighted by Gasteiger charge is 2.23. The molecule has 1 aliphatic carbocycles. The second kappa shape index (κ2) is 13.0. The normalized spacial score (nSPS) is 17.8. The van der Waals surface area contributed by atoms with Crippen LogP contribution in [0.3, 0.4) is 0 Å². The Kier molecular flexibility index (Phi) is 10.7. The van der Waals surface area contributed by atoms with E-state index in [-0.39, 0.29) is 29.9 Å². The van der Waals surface area contributed by atoms with Crippen molar-refractivity contribution in [2.75, 3.05) is 34.3 Å². The van der Waals surface area contributed by atoms with Gasteiger partial charge < -0.3 is 25.0 Å². The molecule has 0 atom stereocenters. The third-order valence-corrected chi connectivity index (χ3v) is 6.15. The Morgan fingerprint density at radius 3 is 2.48 bits per heavy atom. The highest BCUT2D eigenvalue weighted by atomic mass is 127. The molecule has 1 aromatic rings. The Morgan fingerprint density at radius 1 is 1.16 bits per heavy atom. The molecule has 0 bridgehead atoms. The van der Waals surface area contributed by atoms with Gasteiger partial charge in [0.1, 0.15) is 0 Å². The van der Waals surface area contributed by atoms with Crippen LogP contribution in [-0.4, -0.2) is 57.2 Å². The first-order valence-corrected chi connectivity index (χ1v) is 11.1. The number of likely N-dealkylation sites (tertiary alicyclic amines) is 1. The molecule has 0 radical (unpaired) electrons. The number of hydrogen-bond donors (Lipinski definition) is 2. The number of benzene rings is 1. The predicted molar refractivity (Wildman–Crippen MR) is 134 cm³/mol. The van der Waals surface area contributed by atoms with Crippen LogP contribution in [0.15, 0.2) is 23.2 Å². The molecule has 1 aliphatic heterocycles. The minimum Gasteiger partial charge on any atom is -0.493 e. The summed E-state index contributed by atoms with van der Waals surface area (Å²) >= 11 is 0. The summed E-state index contributed by atoms with van der Waals surface area (Å²) in [4.78, 5) is 18.4. The zero-order valence-corrected chi connectivity index (χ0v) is 21.3. The van der Waals surface area contributed by atoms with Crippen LogP contribution in [0, 0.1) is 5.92 Å². The standard InChI is InChI=1S/C23H36N4O3.HI/c1-24-22(28)15-17-10-12-27(13-11-17)23(25-2)26-16-18-8-9-20(29-3)21(14-18)30-19-6-4-5-7-19;/h8-9,14,17,19H,4-7,10-13,15-16H2,1-3H3,(H,24,28)(H,25,26);1H. The molecule has 1 heterocycles. The molecule has 8 heteroatoms. The quantitative estimate of drug-likeness (QED) is 0.312. The minimum absolute atomic E-state index is 0. The van der Waals surface area contributed by atoms with Crippen molar-refractivity contribution in [3.05, 3.63) is 23.8 Å². The number of hydrogen-bond acceptors (Lipinski definition) is 4. The molecule has 2 aliphatic rings. The highest BCUT2D eigenvalue weighted by Crippen LogP contribution is 2.32. The monoisotopic (exact) mass is 544 g/mol. The van der Waals surface area contributed by atoms with Crippen molar-refractivity contribution in [2.45, 2.75) is 57.6 Å². The van der Waals surface area contributed by atoms with Gasteiger partial charge in [0.25, 0.3) is 0 Å². The zero-order valence-electron chi connectivity index (χ0n) is 19.0. The van der Waals surface area contributed by atoms with Gasteiger partial charge >= 0.3 is 0 Å². The molecule has 0 aromatic heterocycles. The number of guanidine groups is 1. The van der Waals surface area contributed by atoms with Crippen molar-refractivity contribution in [3.63, 3.8) is 0 Å². The zero-order chi connectivity index (χ0) is 21.3. The summed E-state index contributed by atoms with van der Waals surface area (Å²) in [5, 5.41) is 6.20. The van der Waals surface area contributed by atoms with E-state index in [1.807, 2.05) is 13.1 Å². The number of rotatable bonds is 7. The predicted octanol–water partition coefficient (Wildman–Crippen LogP) is 3.56. The molecule has 0 spiro atoms. The van der Waals surface area contributed by atoms with E-state index in [0.717, 1.165) is 61.8 Å². The SMILES string of the molecule is CN=C(NCc1ccc(OC)c(OC2CCCC2)c1)N1CCC(CC(=O)NC)CC1.I. The molecule has 1 saturated heterocycles. The molecule has 2 fully saturated rings. The van der Waals surface area contributed by atoms with Crippen molar-refractivity contribution in [2.24, 2.45) is 10.9 Å². The molecule has 1 amide bonds. The van der Waals surface area contributed by atoms with Crippen LogP contribution in [0.4, 0.5) is 0 Å². The van der Waals surface area contributed by atoms with Crippen molar-refractivity contribution < 1.29 is 14.3 Å². The fraction of sp³-hybridized carbons (Fsp3) is 0.652. The maximum Gasteiger partial charge on any atom is 0.220 e. The smallest absolute Gasteiger partial charge is 0.220 e. The Morgan fingerprint density at radius 2 is 1.87 bits per heavy atom. The van der Waals surface area contributed by atoms with Gasteiger partial charge in [0.15, 0.2) is 17.5 Å². The second-order valence-corrected chi connectivity index (χ2v) is 8.22. The molecule has 7 nitrogen and oxygen atoms in total. The second-order valence-electron chi connectivity index (χ2n) is 8.22. The summed E-state index contributed by atoms with van der Waals surface area (Å²) in [6.45, 7) is 2.51. The topological polar surface area (TPSA) is 75.2 Å². The van der Waals surface area contributed by atoms with Gasteiger partial charge in [-0.15, -0.1) is 24.0 Å². The van der Waals surface area contributed by atoms with E-state index in [1.54, 1.807) is 14.2 Å². The maximum atomic E-state index is 11.6. The van der Waals surface area contributed by atoms with Crippen molar-refractivity contribution in [3.8, 4) is 11.5 Å². The lowest BCUT2D eigenvalue weighted by Crippen LogP contribution is -2.45. The average Bonchev–Trinajstić information content (AvgIpc) is 3.28. The van der Waals surface area contributed by atoms with E-state index in [1.165, 1.54) is 12.8 Å². The first-order valence-electron chi connectivity index (χ1n) is 11.1. The molecule has 174 valence electrons. The van der Waals surface area contributed by atoms with Gasteiger partial charge in [0.05, 0.1) is 13.2 Å². The van der Waals surface area contributed by atoms with Crippen LogP contribution in [-0.2, 0) is 11.3 Å². The van der Waals surface area contributed by atoms with E-state index < -0.39 is 0 Å². The van der Waals surface area contributed by atoms with Crippen LogP contribution in [0.25, 0.3) is 0 Å². The van der Waals surface area contributed by atoms with E-state index >= 15 is 0 Å². The van der Waals surface area contributed by atoms with E-state index in [4.69, 9.17) is 9.47 Å². The van der Waals surface area contributed by atoms with Gasteiger partial charge in [-0.3, -0.25) is 9.79 Å². The van der Waals surface area contributed by atoms with Crippen molar-refractivity contribution >= 4 is 35.8 Å². The summed E-state index contributed by atoms with van der Waals surface area (Å²) < 4.78 is 11.7.